The number of ether oxygens (including phenoxy) is 1. The number of likely N-dealkylation sites (tertiary alicyclic amines) is 1. The van der Waals surface area contributed by atoms with E-state index >= 15 is 0 Å². The van der Waals surface area contributed by atoms with Crippen molar-refractivity contribution in [3.05, 3.63) is 36.8 Å². The molecule has 0 atom stereocenters. The number of aromatic amines is 1. The van der Waals surface area contributed by atoms with E-state index in [-0.39, 0.29) is 11.3 Å². The zero-order valence-electron chi connectivity index (χ0n) is 23.8. The molecule has 0 saturated carbocycles. The summed E-state index contributed by atoms with van der Waals surface area (Å²) in [6, 6.07) is 6.26. The molecule has 4 aromatic heterocycles. The highest BCUT2D eigenvalue weighted by molar-refractivity contribution is 6.00. The molecule has 40 heavy (non-hydrogen) atoms. The number of nitrogens with zero attached hydrogens (tertiary/aromatic N) is 6. The van der Waals surface area contributed by atoms with Crippen molar-refractivity contribution in [3.63, 3.8) is 0 Å². The van der Waals surface area contributed by atoms with Gasteiger partial charge in [0, 0.05) is 43.5 Å². The quantitative estimate of drug-likeness (QED) is 0.327. The zero-order valence-corrected chi connectivity index (χ0v) is 23.8. The molecular formula is C30H40N8O2. The maximum atomic E-state index is 13.5. The minimum Gasteiger partial charge on any atom is -0.492 e. The second-order valence-corrected chi connectivity index (χ2v) is 11.7. The van der Waals surface area contributed by atoms with Crippen molar-refractivity contribution in [2.45, 2.75) is 46.5 Å². The van der Waals surface area contributed by atoms with Crippen LogP contribution in [0.3, 0.4) is 0 Å². The van der Waals surface area contributed by atoms with Gasteiger partial charge < -0.3 is 19.9 Å². The largest absolute Gasteiger partial charge is 0.492 e. The maximum Gasteiger partial charge on any atom is 0.227 e. The van der Waals surface area contributed by atoms with E-state index < -0.39 is 0 Å². The average molecular weight is 545 g/mol. The SMILES string of the molecule is CCOc1cc(-c2ccc(N3CCC(CN4CCCC4)(C(=O)NCC(C)C)CC3)nc2)c2c3cn[nH]c3nn2c1. The Bertz CT molecular complexity index is 1460. The summed E-state index contributed by atoms with van der Waals surface area (Å²) >= 11 is 0. The van der Waals surface area contributed by atoms with Gasteiger partial charge in [-0.2, -0.15) is 5.10 Å². The number of hydrogen-bond acceptors (Lipinski definition) is 7. The topological polar surface area (TPSA) is 104 Å². The van der Waals surface area contributed by atoms with Gasteiger partial charge in [-0.25, -0.2) is 9.50 Å². The number of pyridine rings is 2. The second kappa shape index (κ2) is 11.1. The molecule has 2 fully saturated rings. The van der Waals surface area contributed by atoms with Crippen LogP contribution in [-0.2, 0) is 4.79 Å². The van der Waals surface area contributed by atoms with Gasteiger partial charge in [0.1, 0.15) is 11.6 Å². The Morgan fingerprint density at radius 3 is 2.65 bits per heavy atom. The molecule has 2 saturated heterocycles. The Morgan fingerprint density at radius 1 is 1.15 bits per heavy atom. The Labute approximate surface area is 235 Å². The summed E-state index contributed by atoms with van der Waals surface area (Å²) in [5, 5.41) is 16.0. The van der Waals surface area contributed by atoms with Gasteiger partial charge in [0.25, 0.3) is 0 Å². The predicted molar refractivity (Wildman–Crippen MR) is 157 cm³/mol. The van der Waals surface area contributed by atoms with Crippen molar-refractivity contribution < 1.29 is 9.53 Å². The van der Waals surface area contributed by atoms with Gasteiger partial charge in [-0.05, 0) is 69.8 Å². The molecule has 10 nitrogen and oxygen atoms in total. The number of hydrogen-bond donors (Lipinski definition) is 2. The average Bonchev–Trinajstić information content (AvgIpc) is 3.70. The smallest absolute Gasteiger partial charge is 0.227 e. The molecule has 0 radical (unpaired) electrons. The first kappa shape index (κ1) is 26.6. The Morgan fingerprint density at radius 2 is 1.95 bits per heavy atom. The third-order valence-electron chi connectivity index (χ3n) is 8.39. The van der Waals surface area contributed by atoms with Gasteiger partial charge >= 0.3 is 0 Å². The molecule has 10 heteroatoms. The number of rotatable bonds is 9. The number of fused-ring (bicyclic) bond motifs is 3. The number of carbonyl (C=O) groups excluding carboxylic acids is 1. The summed E-state index contributed by atoms with van der Waals surface area (Å²) in [4.78, 5) is 23.2. The number of nitrogens with one attached hydrogen (secondary N) is 2. The number of amides is 1. The minimum atomic E-state index is -0.334. The molecule has 4 aromatic rings. The van der Waals surface area contributed by atoms with Crippen LogP contribution in [0, 0.1) is 11.3 Å². The lowest BCUT2D eigenvalue weighted by atomic mass is 9.76. The van der Waals surface area contributed by atoms with Crippen LogP contribution < -0.4 is 15.0 Å². The van der Waals surface area contributed by atoms with Crippen LogP contribution >= 0.6 is 0 Å². The normalized spacial score (nSPS) is 17.8. The zero-order chi connectivity index (χ0) is 27.7. The lowest BCUT2D eigenvalue weighted by molar-refractivity contribution is -0.133. The molecule has 0 spiro atoms. The van der Waals surface area contributed by atoms with Crippen molar-refractivity contribution in [1.82, 2.24) is 35.0 Å². The molecule has 2 aliphatic heterocycles. The van der Waals surface area contributed by atoms with E-state index in [1.165, 1.54) is 12.8 Å². The number of H-pyrrole nitrogens is 1. The van der Waals surface area contributed by atoms with Crippen LogP contribution in [0.2, 0.25) is 0 Å². The van der Waals surface area contributed by atoms with Gasteiger partial charge in [-0.3, -0.25) is 9.89 Å². The number of piperidine rings is 1. The fourth-order valence-electron chi connectivity index (χ4n) is 6.21. The third kappa shape index (κ3) is 5.12. The van der Waals surface area contributed by atoms with E-state index in [1.54, 1.807) is 0 Å². The number of anilines is 1. The number of carbonyl (C=O) groups is 1. The molecule has 2 aliphatic rings. The van der Waals surface area contributed by atoms with Crippen molar-refractivity contribution in [2.24, 2.45) is 11.3 Å². The highest BCUT2D eigenvalue weighted by Gasteiger charge is 2.43. The standard InChI is InChI=1S/C30H40N8O2/c1-4-40-23-15-24(27-25-18-33-34-28(25)35-38(27)19-23)22-7-8-26(31-17-22)37-13-9-30(10-14-37,20-36-11-5-6-12-36)29(39)32-16-21(2)3/h7-8,15,17-19,21H,4-6,9-14,16,20H2,1-3H3,(H,32,39)(H,34,35). The fraction of sp³-hybridized carbons (Fsp3) is 0.533. The van der Waals surface area contributed by atoms with Crippen molar-refractivity contribution in [3.8, 4) is 16.9 Å². The summed E-state index contributed by atoms with van der Waals surface area (Å²) in [5.74, 6) is 2.37. The second-order valence-electron chi connectivity index (χ2n) is 11.7. The van der Waals surface area contributed by atoms with Gasteiger partial charge in [-0.15, -0.1) is 5.10 Å². The van der Waals surface area contributed by atoms with Crippen molar-refractivity contribution >= 4 is 28.3 Å². The molecule has 1 amide bonds. The number of aromatic nitrogens is 5. The Balaban J connectivity index is 1.22. The first-order valence-electron chi connectivity index (χ1n) is 14.7. The van der Waals surface area contributed by atoms with E-state index in [4.69, 9.17) is 9.72 Å². The highest BCUT2D eigenvalue weighted by atomic mass is 16.5. The summed E-state index contributed by atoms with van der Waals surface area (Å²) in [6.45, 7) is 12.3. The molecule has 6 rings (SSSR count). The lowest BCUT2D eigenvalue weighted by Gasteiger charge is -2.43. The van der Waals surface area contributed by atoms with E-state index in [1.807, 2.05) is 36.1 Å². The Kier molecular flexibility index (Phi) is 7.35. The highest BCUT2D eigenvalue weighted by Crippen LogP contribution is 2.37. The van der Waals surface area contributed by atoms with Crippen LogP contribution in [0.25, 0.3) is 27.7 Å². The third-order valence-corrected chi connectivity index (χ3v) is 8.39. The first-order valence-corrected chi connectivity index (χ1v) is 14.7. The monoisotopic (exact) mass is 544 g/mol. The summed E-state index contributed by atoms with van der Waals surface area (Å²) in [5.41, 5.74) is 3.37. The minimum absolute atomic E-state index is 0.223. The van der Waals surface area contributed by atoms with E-state index in [0.717, 1.165) is 91.4 Å². The van der Waals surface area contributed by atoms with Crippen molar-refractivity contribution in [2.75, 3.05) is 50.8 Å². The molecule has 0 bridgehead atoms. The molecule has 0 unspecified atom stereocenters. The molecule has 0 aromatic carbocycles. The van der Waals surface area contributed by atoms with E-state index in [2.05, 4.69) is 56.4 Å². The summed E-state index contributed by atoms with van der Waals surface area (Å²) in [6.07, 6.45) is 9.78. The van der Waals surface area contributed by atoms with Crippen LogP contribution in [0.5, 0.6) is 5.75 Å². The van der Waals surface area contributed by atoms with Crippen LogP contribution in [-0.4, -0.2) is 81.5 Å². The predicted octanol–water partition coefficient (Wildman–Crippen LogP) is 4.13. The van der Waals surface area contributed by atoms with E-state index in [0.29, 0.717) is 12.5 Å². The molecule has 0 aliphatic carbocycles. The molecule has 6 heterocycles. The summed E-state index contributed by atoms with van der Waals surface area (Å²) < 4.78 is 7.69. The first-order chi connectivity index (χ1) is 19.5. The van der Waals surface area contributed by atoms with Gasteiger partial charge in [0.2, 0.25) is 5.91 Å². The van der Waals surface area contributed by atoms with Crippen molar-refractivity contribution in [1.29, 1.82) is 0 Å². The van der Waals surface area contributed by atoms with E-state index in [9.17, 15) is 4.79 Å². The van der Waals surface area contributed by atoms with Gasteiger partial charge in [0.15, 0.2) is 5.65 Å². The van der Waals surface area contributed by atoms with Gasteiger partial charge in [-0.1, -0.05) is 13.8 Å². The van der Waals surface area contributed by atoms with Crippen LogP contribution in [0.4, 0.5) is 5.82 Å². The lowest BCUT2D eigenvalue weighted by Crippen LogP contribution is -2.54. The maximum absolute atomic E-state index is 13.5. The molecule has 2 N–H and O–H groups in total. The summed E-state index contributed by atoms with van der Waals surface area (Å²) in [7, 11) is 0. The molecule has 212 valence electrons. The molecular weight excluding hydrogens is 504 g/mol. The Hall–Kier alpha value is -3.66. The van der Waals surface area contributed by atoms with Crippen LogP contribution in [0.15, 0.2) is 36.8 Å². The van der Waals surface area contributed by atoms with Crippen LogP contribution in [0.1, 0.15) is 46.5 Å². The fourth-order valence-corrected chi connectivity index (χ4v) is 6.21. The van der Waals surface area contributed by atoms with Gasteiger partial charge in [0.05, 0.1) is 35.3 Å².